The van der Waals surface area contributed by atoms with Crippen LogP contribution in [0.1, 0.15) is 94.5 Å². The summed E-state index contributed by atoms with van der Waals surface area (Å²) < 4.78 is 5.35. The second kappa shape index (κ2) is 27.8. The summed E-state index contributed by atoms with van der Waals surface area (Å²) in [6.45, 7) is 9.78. The van der Waals surface area contributed by atoms with Gasteiger partial charge in [0.25, 0.3) is 0 Å². The highest BCUT2D eigenvalue weighted by atomic mass is 32.1. The van der Waals surface area contributed by atoms with Crippen molar-refractivity contribution in [1.82, 2.24) is 0 Å². The van der Waals surface area contributed by atoms with Crippen LogP contribution in [0.15, 0.2) is 425 Å². The molecule has 0 N–H and O–H groups in total. The summed E-state index contributed by atoms with van der Waals surface area (Å²) in [4.78, 5) is 5.26. The van der Waals surface area contributed by atoms with E-state index in [1.54, 1.807) is 0 Å². The molecule has 0 radical (unpaired) electrons. The summed E-state index contributed by atoms with van der Waals surface area (Å²) >= 11 is 3.89. The fourth-order valence-corrected chi connectivity index (χ4v) is 23.6. The van der Waals surface area contributed by atoms with Crippen molar-refractivity contribution in [3.05, 3.63) is 491 Å². The molecule has 0 spiro atoms. The summed E-state index contributed by atoms with van der Waals surface area (Å²) in [7, 11) is 0. The van der Waals surface area contributed by atoms with E-state index in [2.05, 4.69) is 462 Å². The van der Waals surface area contributed by atoms with Crippen molar-refractivity contribution < 1.29 is 0 Å². The molecule has 120 heavy (non-hydrogen) atoms. The largest absolute Gasteiger partial charge is 0.309 e. The Labute approximate surface area is 709 Å². The number of benzene rings is 18. The van der Waals surface area contributed by atoms with Gasteiger partial charge in [-0.2, -0.15) is 0 Å². The maximum atomic E-state index is 2.65. The summed E-state index contributed by atoms with van der Waals surface area (Å²) in [5, 5.41) is 5.28. The van der Waals surface area contributed by atoms with E-state index in [9.17, 15) is 0 Å². The van der Waals surface area contributed by atoms with E-state index in [1.807, 2.05) is 22.7 Å². The van der Waals surface area contributed by atoms with Gasteiger partial charge in [0, 0.05) is 62.3 Å². The van der Waals surface area contributed by atoms with Gasteiger partial charge in [0.2, 0.25) is 0 Å². The van der Waals surface area contributed by atoms with Crippen LogP contribution in [-0.2, 0) is 21.7 Å². The van der Waals surface area contributed by atoms with Crippen LogP contribution in [0.5, 0.6) is 0 Å². The van der Waals surface area contributed by atoms with E-state index in [-0.39, 0.29) is 10.8 Å². The Morgan fingerprint density at radius 2 is 0.450 bits per heavy atom. The normalized spacial score (nSPS) is 14.4. The van der Waals surface area contributed by atoms with Crippen molar-refractivity contribution in [2.45, 2.75) is 49.4 Å². The number of rotatable bonds is 10. The molecule has 24 rings (SSSR count). The highest BCUT2D eigenvalue weighted by Crippen LogP contribution is 2.70. The van der Waals surface area contributed by atoms with E-state index in [0.717, 1.165) is 0 Å². The molecule has 568 valence electrons. The number of anilines is 6. The highest BCUT2D eigenvalue weighted by molar-refractivity contribution is 7.26. The first kappa shape index (κ1) is 71.3. The predicted molar refractivity (Wildman–Crippen MR) is 509 cm³/mol. The van der Waals surface area contributed by atoms with Crippen LogP contribution in [0, 0.1) is 0 Å². The molecular formula is C116H82N2S2. The Bertz CT molecular complexity index is 7300. The number of nitrogens with zero attached hydrogens (tertiary/aromatic N) is 2. The molecule has 0 saturated heterocycles. The highest BCUT2D eigenvalue weighted by Gasteiger charge is 2.56. The third-order valence-corrected chi connectivity index (χ3v) is 29.0. The quantitative estimate of drug-likeness (QED) is 0.135. The first-order valence-corrected chi connectivity index (χ1v) is 43.5. The monoisotopic (exact) mass is 1570 g/mol. The fraction of sp³-hybridized carbons (Fsp3) is 0.0690. The van der Waals surface area contributed by atoms with Gasteiger partial charge in [-0.25, -0.2) is 0 Å². The van der Waals surface area contributed by atoms with Crippen LogP contribution in [0.3, 0.4) is 0 Å². The number of fused-ring (bicyclic) bond motifs is 16. The summed E-state index contributed by atoms with van der Waals surface area (Å²) in [5.41, 5.74) is 36.0. The molecule has 0 bridgehead atoms. The van der Waals surface area contributed by atoms with Crippen LogP contribution in [0.2, 0.25) is 0 Å². The lowest BCUT2D eigenvalue weighted by Gasteiger charge is -2.53. The number of thiophene rings is 2. The maximum Gasteiger partial charge on any atom is 0.0756 e. The molecule has 0 amide bonds. The zero-order valence-corrected chi connectivity index (χ0v) is 68.8. The van der Waals surface area contributed by atoms with Crippen molar-refractivity contribution in [1.29, 1.82) is 0 Å². The third-order valence-electron chi connectivity index (χ3n) is 26.6. The summed E-state index contributed by atoms with van der Waals surface area (Å²) in [5.74, 6) is 0. The maximum absolute atomic E-state index is 2.65. The van der Waals surface area contributed by atoms with Crippen LogP contribution in [-0.4, -0.2) is 0 Å². The topological polar surface area (TPSA) is 6.48 Å². The van der Waals surface area contributed by atoms with E-state index in [1.165, 1.54) is 208 Å². The predicted octanol–water partition coefficient (Wildman–Crippen LogP) is 31.7. The van der Waals surface area contributed by atoms with E-state index in [4.69, 9.17) is 0 Å². The van der Waals surface area contributed by atoms with Gasteiger partial charge in [-0.3, -0.25) is 0 Å². The lowest BCUT2D eigenvalue weighted by atomic mass is 9.56. The molecule has 0 fully saturated rings. The van der Waals surface area contributed by atoms with Crippen molar-refractivity contribution in [2.24, 2.45) is 0 Å². The van der Waals surface area contributed by atoms with Crippen molar-refractivity contribution >= 4 is 97.1 Å². The zero-order valence-electron chi connectivity index (χ0n) is 67.1. The van der Waals surface area contributed by atoms with Crippen LogP contribution in [0.25, 0.3) is 107 Å². The molecule has 4 heteroatoms. The second-order valence-corrected chi connectivity index (χ2v) is 35.8. The third kappa shape index (κ3) is 10.8. The molecule has 6 heterocycles. The Balaban J connectivity index is 0.000000141. The summed E-state index contributed by atoms with van der Waals surface area (Å²) in [6, 6.07) is 158. The van der Waals surface area contributed by atoms with Crippen LogP contribution in [0.4, 0.5) is 34.1 Å². The molecule has 4 aliphatic heterocycles. The molecule has 0 atom stereocenters. The molecule has 0 unspecified atom stereocenters. The minimum absolute atomic E-state index is 0.235. The van der Waals surface area contributed by atoms with Crippen molar-refractivity contribution in [3.8, 4) is 66.8 Å². The van der Waals surface area contributed by atoms with Crippen molar-refractivity contribution in [3.63, 3.8) is 0 Å². The van der Waals surface area contributed by atoms with Gasteiger partial charge in [0.15, 0.2) is 0 Å². The average Bonchev–Trinajstić information content (AvgIpc) is 1.01. The van der Waals surface area contributed by atoms with Gasteiger partial charge in [0.05, 0.1) is 45.0 Å². The SMILES string of the molecule is CC1(C)c2cc(-c3ccc(-c4ccccc4)cc3)ccc2N2c3ccc(-c4ccc(-c5ccccc5)cc4)cc3C(C)(C)c3c2c1cc1c3sc2ccccc21.c1ccc(-c2ccc3c(c2)C(c2ccccc2)(c2ccccc2)c2cc4c(sc5ccccc54)c4c2N3c2ccc(-c3ccccc3)cc2C4(c2ccccc2)c2ccccc2)cc1. The minimum Gasteiger partial charge on any atom is -0.309 e. The molecule has 4 aliphatic rings. The van der Waals surface area contributed by atoms with Gasteiger partial charge >= 0.3 is 0 Å². The first-order chi connectivity index (χ1) is 59.0. The Morgan fingerprint density at radius 3 is 0.833 bits per heavy atom. The number of hydrogen-bond donors (Lipinski definition) is 0. The smallest absolute Gasteiger partial charge is 0.0756 e. The molecule has 0 saturated carbocycles. The minimum atomic E-state index is -0.718. The first-order valence-electron chi connectivity index (χ1n) is 41.8. The van der Waals surface area contributed by atoms with Crippen LogP contribution >= 0.6 is 22.7 Å². The Kier molecular flexibility index (Phi) is 16.5. The molecule has 18 aromatic carbocycles. The number of hydrogen-bond acceptors (Lipinski definition) is 4. The molecular weight excluding hydrogens is 1490 g/mol. The van der Waals surface area contributed by atoms with E-state index in [0.29, 0.717) is 0 Å². The Hall–Kier alpha value is -14.0. The molecule has 0 aliphatic carbocycles. The van der Waals surface area contributed by atoms with Gasteiger partial charge in [-0.15, -0.1) is 22.7 Å². The fourth-order valence-electron chi connectivity index (χ4n) is 20.9. The molecule has 2 nitrogen and oxygen atoms in total. The van der Waals surface area contributed by atoms with Gasteiger partial charge in [0.1, 0.15) is 0 Å². The van der Waals surface area contributed by atoms with Gasteiger partial charge in [-0.1, -0.05) is 380 Å². The lowest BCUT2D eigenvalue weighted by molar-refractivity contribution is 0.603. The van der Waals surface area contributed by atoms with Gasteiger partial charge in [-0.05, 0) is 195 Å². The van der Waals surface area contributed by atoms with E-state index < -0.39 is 10.8 Å². The second-order valence-electron chi connectivity index (χ2n) is 33.7. The van der Waals surface area contributed by atoms with E-state index >= 15 is 0 Å². The zero-order chi connectivity index (χ0) is 80.0. The molecule has 2 aromatic heterocycles. The Morgan fingerprint density at radius 1 is 0.192 bits per heavy atom. The summed E-state index contributed by atoms with van der Waals surface area (Å²) in [6.07, 6.45) is 0. The van der Waals surface area contributed by atoms with Gasteiger partial charge < -0.3 is 9.80 Å². The van der Waals surface area contributed by atoms with Crippen LogP contribution < -0.4 is 9.80 Å². The van der Waals surface area contributed by atoms with Crippen molar-refractivity contribution in [2.75, 3.05) is 9.80 Å². The molecule has 20 aromatic rings. The standard InChI is InChI=1S/C62H41NS.C54H41NS/c1-7-21-42(22-8-1)44-35-37-55-52(39-44)61(46-25-11-3-12-26-46,47-27-13-4-14-28-47)54-41-51-50-33-19-20-34-57(50)64-60(51)58-59(54)63(55)56-38-36-45(43-23-9-2-10-24-43)40-53(56)62(58,48-29-15-5-16-30-48)49-31-17-6-18-32-49;1-53(2)44-31-40(38-23-19-36(20-24-38)34-13-7-5-8-14-34)27-29-47(44)55-48-30-28-41(39-25-21-37(22-26-39)35-15-9-6-10-16-35)32-45(48)54(3,4)50-51(55)46(53)33-43-42-17-11-12-18-49(42)56-52(43)50/h1-41H;5-33H,1-4H3. The lowest BCUT2D eigenvalue weighted by Crippen LogP contribution is -2.44. The average molecular weight is 1570 g/mol.